The molecule has 1 saturated heterocycles. The summed E-state index contributed by atoms with van der Waals surface area (Å²) in [5.41, 5.74) is 6.36. The standard InChI is InChI=1S/C16H35N3O/c1-5-19(11-12-20-6-2)16(14-17)7-9-18(10-8-16)13-15(3)4/h15H,5-14,17H2,1-4H3. The first-order chi connectivity index (χ1) is 9.57. The number of hydrogen-bond donors (Lipinski definition) is 1. The van der Waals surface area contributed by atoms with Crippen LogP contribution in [0.5, 0.6) is 0 Å². The lowest BCUT2D eigenvalue weighted by Gasteiger charge is -2.48. The summed E-state index contributed by atoms with van der Waals surface area (Å²) < 4.78 is 5.53. The van der Waals surface area contributed by atoms with E-state index < -0.39 is 0 Å². The first-order valence-corrected chi connectivity index (χ1v) is 8.33. The smallest absolute Gasteiger partial charge is 0.0593 e. The molecule has 0 aromatic heterocycles. The molecule has 120 valence electrons. The summed E-state index contributed by atoms with van der Waals surface area (Å²) >= 11 is 0. The molecule has 20 heavy (non-hydrogen) atoms. The molecule has 1 heterocycles. The normalized spacial score (nSPS) is 19.9. The maximum Gasteiger partial charge on any atom is 0.0593 e. The van der Waals surface area contributed by atoms with Gasteiger partial charge < -0.3 is 15.4 Å². The van der Waals surface area contributed by atoms with Gasteiger partial charge in [-0.15, -0.1) is 0 Å². The summed E-state index contributed by atoms with van der Waals surface area (Å²) in [6.45, 7) is 16.9. The number of rotatable bonds is 9. The summed E-state index contributed by atoms with van der Waals surface area (Å²) in [7, 11) is 0. The van der Waals surface area contributed by atoms with Gasteiger partial charge in [-0.1, -0.05) is 20.8 Å². The van der Waals surface area contributed by atoms with E-state index in [1.54, 1.807) is 0 Å². The van der Waals surface area contributed by atoms with Crippen LogP contribution in [-0.2, 0) is 4.74 Å². The van der Waals surface area contributed by atoms with Crippen LogP contribution >= 0.6 is 0 Å². The molecule has 4 nitrogen and oxygen atoms in total. The maximum absolute atomic E-state index is 6.16. The van der Waals surface area contributed by atoms with Gasteiger partial charge in [0.1, 0.15) is 0 Å². The predicted molar refractivity (Wildman–Crippen MR) is 86.0 cm³/mol. The van der Waals surface area contributed by atoms with E-state index in [4.69, 9.17) is 10.5 Å². The van der Waals surface area contributed by atoms with Gasteiger partial charge >= 0.3 is 0 Å². The van der Waals surface area contributed by atoms with Crippen molar-refractivity contribution in [1.82, 2.24) is 9.80 Å². The fourth-order valence-electron chi connectivity index (χ4n) is 3.37. The Hall–Kier alpha value is -0.160. The van der Waals surface area contributed by atoms with Crippen LogP contribution in [-0.4, -0.2) is 67.8 Å². The van der Waals surface area contributed by atoms with Crippen molar-refractivity contribution in [3.8, 4) is 0 Å². The van der Waals surface area contributed by atoms with Crippen LogP contribution in [0.15, 0.2) is 0 Å². The second-order valence-electron chi connectivity index (χ2n) is 6.40. The third-order valence-corrected chi connectivity index (χ3v) is 4.55. The number of hydrogen-bond acceptors (Lipinski definition) is 4. The molecule has 0 saturated carbocycles. The van der Waals surface area contributed by atoms with Gasteiger partial charge in [0.15, 0.2) is 0 Å². The van der Waals surface area contributed by atoms with Gasteiger partial charge in [-0.3, -0.25) is 4.90 Å². The average Bonchev–Trinajstić information content (AvgIpc) is 2.44. The van der Waals surface area contributed by atoms with E-state index in [1.807, 2.05) is 0 Å². The highest BCUT2D eigenvalue weighted by atomic mass is 16.5. The minimum Gasteiger partial charge on any atom is -0.380 e. The van der Waals surface area contributed by atoms with Gasteiger partial charge in [-0.05, 0) is 45.3 Å². The number of likely N-dealkylation sites (tertiary alicyclic amines) is 1. The van der Waals surface area contributed by atoms with Crippen molar-refractivity contribution in [2.45, 2.75) is 46.1 Å². The quantitative estimate of drug-likeness (QED) is 0.656. The molecule has 4 heteroatoms. The third kappa shape index (κ3) is 4.99. The van der Waals surface area contributed by atoms with E-state index in [-0.39, 0.29) is 5.54 Å². The maximum atomic E-state index is 6.16. The van der Waals surface area contributed by atoms with Gasteiger partial charge in [0, 0.05) is 31.8 Å². The largest absolute Gasteiger partial charge is 0.380 e. The molecule has 1 aliphatic heterocycles. The third-order valence-electron chi connectivity index (χ3n) is 4.55. The summed E-state index contributed by atoms with van der Waals surface area (Å²) in [6, 6.07) is 0. The van der Waals surface area contributed by atoms with Crippen LogP contribution in [0, 0.1) is 5.92 Å². The Morgan fingerprint density at radius 3 is 2.35 bits per heavy atom. The number of ether oxygens (including phenoxy) is 1. The fraction of sp³-hybridized carbons (Fsp3) is 1.00. The topological polar surface area (TPSA) is 41.7 Å². The molecular formula is C16H35N3O. The molecule has 0 spiro atoms. The monoisotopic (exact) mass is 285 g/mol. The highest BCUT2D eigenvalue weighted by molar-refractivity contribution is 4.96. The van der Waals surface area contributed by atoms with Crippen LogP contribution in [0.2, 0.25) is 0 Å². The molecule has 0 atom stereocenters. The van der Waals surface area contributed by atoms with E-state index >= 15 is 0 Å². The molecule has 0 bridgehead atoms. The SMILES string of the molecule is CCOCCN(CC)C1(CN)CCN(CC(C)C)CC1. The number of likely N-dealkylation sites (N-methyl/N-ethyl adjacent to an activating group) is 1. The van der Waals surface area contributed by atoms with Crippen molar-refractivity contribution in [1.29, 1.82) is 0 Å². The second-order valence-corrected chi connectivity index (χ2v) is 6.40. The highest BCUT2D eigenvalue weighted by Gasteiger charge is 2.37. The van der Waals surface area contributed by atoms with Gasteiger partial charge in [-0.2, -0.15) is 0 Å². The molecule has 0 aromatic rings. The van der Waals surface area contributed by atoms with Gasteiger partial charge in [0.2, 0.25) is 0 Å². The van der Waals surface area contributed by atoms with Crippen LogP contribution in [0.4, 0.5) is 0 Å². The van der Waals surface area contributed by atoms with Gasteiger partial charge in [0.05, 0.1) is 6.61 Å². The molecule has 0 aromatic carbocycles. The molecule has 0 amide bonds. The fourth-order valence-corrected chi connectivity index (χ4v) is 3.37. The number of piperidine rings is 1. The summed E-state index contributed by atoms with van der Waals surface area (Å²) in [5, 5.41) is 0. The predicted octanol–water partition coefficient (Wildman–Crippen LogP) is 1.79. The minimum atomic E-state index is 0.194. The molecule has 1 rings (SSSR count). The van der Waals surface area contributed by atoms with Crippen molar-refractivity contribution in [3.63, 3.8) is 0 Å². The van der Waals surface area contributed by atoms with Crippen LogP contribution in [0.3, 0.4) is 0 Å². The molecular weight excluding hydrogens is 250 g/mol. The molecule has 0 unspecified atom stereocenters. The number of nitrogens with zero attached hydrogens (tertiary/aromatic N) is 2. The first kappa shape index (κ1) is 17.9. The van der Waals surface area contributed by atoms with Crippen molar-refractivity contribution in [2.75, 3.05) is 52.5 Å². The van der Waals surface area contributed by atoms with E-state index in [2.05, 4.69) is 37.5 Å². The van der Waals surface area contributed by atoms with Crippen LogP contribution in [0.1, 0.15) is 40.5 Å². The lowest BCUT2D eigenvalue weighted by molar-refractivity contribution is 0.00697. The van der Waals surface area contributed by atoms with E-state index in [0.717, 1.165) is 38.8 Å². The summed E-state index contributed by atoms with van der Waals surface area (Å²) in [5.74, 6) is 0.751. The van der Waals surface area contributed by atoms with Crippen molar-refractivity contribution >= 4 is 0 Å². The second kappa shape index (κ2) is 8.98. The van der Waals surface area contributed by atoms with Crippen molar-refractivity contribution in [3.05, 3.63) is 0 Å². The molecule has 1 aliphatic rings. The van der Waals surface area contributed by atoms with Gasteiger partial charge in [-0.25, -0.2) is 0 Å². The average molecular weight is 285 g/mol. The molecule has 0 aliphatic carbocycles. The molecule has 2 N–H and O–H groups in total. The Kier molecular flexibility index (Phi) is 8.03. The Morgan fingerprint density at radius 1 is 1.25 bits per heavy atom. The van der Waals surface area contributed by atoms with E-state index in [0.29, 0.717) is 0 Å². The van der Waals surface area contributed by atoms with E-state index in [9.17, 15) is 0 Å². The Bertz CT molecular complexity index is 250. The van der Waals surface area contributed by atoms with Crippen molar-refractivity contribution in [2.24, 2.45) is 11.7 Å². The zero-order chi connectivity index (χ0) is 15.0. The highest BCUT2D eigenvalue weighted by Crippen LogP contribution is 2.28. The zero-order valence-corrected chi connectivity index (χ0v) is 14.0. The Balaban J connectivity index is 2.54. The number of nitrogens with two attached hydrogens (primary N) is 1. The summed E-state index contributed by atoms with van der Waals surface area (Å²) in [6.07, 6.45) is 2.38. The Labute approximate surface area is 125 Å². The van der Waals surface area contributed by atoms with Crippen LogP contribution in [0.25, 0.3) is 0 Å². The van der Waals surface area contributed by atoms with Gasteiger partial charge in [0.25, 0.3) is 0 Å². The molecule has 1 fully saturated rings. The lowest BCUT2D eigenvalue weighted by atomic mass is 9.85. The van der Waals surface area contributed by atoms with Crippen LogP contribution < -0.4 is 5.73 Å². The lowest BCUT2D eigenvalue weighted by Crippen LogP contribution is -2.60. The van der Waals surface area contributed by atoms with E-state index in [1.165, 1.54) is 32.5 Å². The Morgan fingerprint density at radius 2 is 1.90 bits per heavy atom. The zero-order valence-electron chi connectivity index (χ0n) is 14.0. The first-order valence-electron chi connectivity index (χ1n) is 8.33. The van der Waals surface area contributed by atoms with Crippen molar-refractivity contribution < 1.29 is 4.74 Å². The summed E-state index contributed by atoms with van der Waals surface area (Å²) in [4.78, 5) is 5.14. The molecule has 0 radical (unpaired) electrons. The minimum absolute atomic E-state index is 0.194.